The number of amides is 1. The monoisotopic (exact) mass is 431 g/mol. The summed E-state index contributed by atoms with van der Waals surface area (Å²) in [5, 5.41) is 3.44. The third kappa shape index (κ3) is 4.75. The second-order valence-corrected chi connectivity index (χ2v) is 7.84. The summed E-state index contributed by atoms with van der Waals surface area (Å²) >= 11 is 0. The molecule has 6 nitrogen and oxygen atoms in total. The minimum Gasteiger partial charge on any atom is -0.493 e. The average molecular weight is 432 g/mol. The molecule has 1 N–H and O–H groups in total. The number of likely N-dealkylation sites (tertiary alicyclic amines) is 1. The summed E-state index contributed by atoms with van der Waals surface area (Å²) in [6.07, 6.45) is 3.69. The third-order valence-electron chi connectivity index (χ3n) is 5.94. The Morgan fingerprint density at radius 3 is 2.56 bits per heavy atom. The van der Waals surface area contributed by atoms with Crippen molar-refractivity contribution in [2.75, 3.05) is 27.3 Å². The van der Waals surface area contributed by atoms with Crippen LogP contribution < -0.4 is 14.8 Å². The minimum atomic E-state index is -0.150. The highest BCUT2D eigenvalue weighted by Crippen LogP contribution is 2.37. The molecule has 1 aliphatic rings. The van der Waals surface area contributed by atoms with E-state index in [4.69, 9.17) is 9.47 Å². The van der Waals surface area contributed by atoms with E-state index in [1.54, 1.807) is 20.4 Å². The normalized spacial score (nSPS) is 16.6. The van der Waals surface area contributed by atoms with Crippen molar-refractivity contribution in [3.63, 3.8) is 0 Å². The van der Waals surface area contributed by atoms with Gasteiger partial charge in [0.15, 0.2) is 11.5 Å². The van der Waals surface area contributed by atoms with Gasteiger partial charge in [0, 0.05) is 12.7 Å². The van der Waals surface area contributed by atoms with E-state index < -0.39 is 0 Å². The predicted molar refractivity (Wildman–Crippen MR) is 124 cm³/mol. The largest absolute Gasteiger partial charge is 0.493 e. The topological polar surface area (TPSA) is 63.7 Å². The van der Waals surface area contributed by atoms with E-state index in [1.807, 2.05) is 59.5 Å². The Balaban J connectivity index is 1.50. The number of methoxy groups -OCH3 is 2. The number of nitrogens with one attached hydrogen (secondary N) is 1. The fourth-order valence-corrected chi connectivity index (χ4v) is 4.35. The number of aromatic nitrogens is 1. The van der Waals surface area contributed by atoms with Gasteiger partial charge in [-0.2, -0.15) is 0 Å². The molecule has 2 unspecified atom stereocenters. The first-order valence-corrected chi connectivity index (χ1v) is 10.9. The molecule has 0 saturated carbocycles. The van der Waals surface area contributed by atoms with Gasteiger partial charge in [-0.3, -0.25) is 15.1 Å². The fraction of sp³-hybridized carbons (Fsp3) is 0.308. The lowest BCUT2D eigenvalue weighted by Crippen LogP contribution is -2.39. The van der Waals surface area contributed by atoms with Crippen LogP contribution >= 0.6 is 0 Å². The predicted octanol–water partition coefficient (Wildman–Crippen LogP) is 4.14. The van der Waals surface area contributed by atoms with Crippen LogP contribution in [-0.2, 0) is 4.79 Å². The molecule has 0 spiro atoms. The van der Waals surface area contributed by atoms with Gasteiger partial charge in [-0.1, -0.05) is 42.5 Å². The van der Waals surface area contributed by atoms with Crippen LogP contribution in [0.4, 0.5) is 0 Å². The zero-order valence-corrected chi connectivity index (χ0v) is 18.5. The molecule has 0 aliphatic carbocycles. The third-order valence-corrected chi connectivity index (χ3v) is 5.94. The van der Waals surface area contributed by atoms with Gasteiger partial charge < -0.3 is 14.4 Å². The van der Waals surface area contributed by atoms with Gasteiger partial charge in [-0.05, 0) is 48.2 Å². The van der Waals surface area contributed by atoms with Crippen LogP contribution in [0, 0.1) is 0 Å². The van der Waals surface area contributed by atoms with Gasteiger partial charge in [-0.25, -0.2) is 0 Å². The van der Waals surface area contributed by atoms with Crippen LogP contribution in [0.5, 0.6) is 11.5 Å². The van der Waals surface area contributed by atoms with Crippen molar-refractivity contribution in [1.29, 1.82) is 0 Å². The number of hydrogen-bond acceptors (Lipinski definition) is 5. The fourth-order valence-electron chi connectivity index (χ4n) is 4.35. The van der Waals surface area contributed by atoms with Crippen LogP contribution in [0.25, 0.3) is 0 Å². The lowest BCUT2D eigenvalue weighted by atomic mass is 10.0. The highest BCUT2D eigenvalue weighted by Gasteiger charge is 2.31. The molecule has 0 bridgehead atoms. The maximum Gasteiger partial charge on any atom is 0.237 e. The number of pyridine rings is 1. The number of benzene rings is 2. The average Bonchev–Trinajstić information content (AvgIpc) is 3.35. The van der Waals surface area contributed by atoms with Gasteiger partial charge in [0.2, 0.25) is 5.91 Å². The van der Waals surface area contributed by atoms with Gasteiger partial charge in [0.05, 0.1) is 38.5 Å². The molecule has 32 heavy (non-hydrogen) atoms. The summed E-state index contributed by atoms with van der Waals surface area (Å²) < 4.78 is 10.8. The Kier molecular flexibility index (Phi) is 7.02. The second kappa shape index (κ2) is 10.3. The van der Waals surface area contributed by atoms with E-state index in [9.17, 15) is 4.79 Å². The Morgan fingerprint density at radius 2 is 1.84 bits per heavy atom. The molecule has 1 aliphatic heterocycles. The maximum absolute atomic E-state index is 13.3. The highest BCUT2D eigenvalue weighted by atomic mass is 16.5. The van der Waals surface area contributed by atoms with E-state index in [1.165, 1.54) is 0 Å². The molecular formula is C26H29N3O3. The maximum atomic E-state index is 13.3. The summed E-state index contributed by atoms with van der Waals surface area (Å²) in [4.78, 5) is 19.7. The number of rotatable bonds is 8. The Labute approximate surface area is 189 Å². The first-order valence-electron chi connectivity index (χ1n) is 10.9. The summed E-state index contributed by atoms with van der Waals surface area (Å²) in [6.45, 7) is 0.985. The first kappa shape index (κ1) is 21.8. The second-order valence-electron chi connectivity index (χ2n) is 7.84. The van der Waals surface area contributed by atoms with Crippen LogP contribution in [-0.4, -0.2) is 43.1 Å². The van der Waals surface area contributed by atoms with Crippen molar-refractivity contribution >= 4 is 5.91 Å². The van der Waals surface area contributed by atoms with E-state index in [2.05, 4.69) is 22.4 Å². The molecular weight excluding hydrogens is 402 g/mol. The molecule has 1 amide bonds. The number of hydrogen-bond donors (Lipinski definition) is 1. The van der Waals surface area contributed by atoms with Gasteiger partial charge >= 0.3 is 0 Å². The molecule has 1 aromatic heterocycles. The lowest BCUT2D eigenvalue weighted by molar-refractivity contribution is -0.131. The number of ether oxygens (including phenoxy) is 2. The van der Waals surface area contributed by atoms with Gasteiger partial charge in [-0.15, -0.1) is 0 Å². The van der Waals surface area contributed by atoms with Crippen molar-refractivity contribution in [3.05, 3.63) is 89.7 Å². The van der Waals surface area contributed by atoms with E-state index >= 15 is 0 Å². The van der Waals surface area contributed by atoms with Crippen LogP contribution in [0.1, 0.15) is 41.7 Å². The van der Waals surface area contributed by atoms with Crippen molar-refractivity contribution in [3.8, 4) is 11.5 Å². The van der Waals surface area contributed by atoms with Crippen molar-refractivity contribution < 1.29 is 14.3 Å². The number of nitrogens with zero attached hydrogens (tertiary/aromatic N) is 2. The Morgan fingerprint density at radius 1 is 1.06 bits per heavy atom. The molecule has 166 valence electrons. The molecule has 2 aromatic carbocycles. The van der Waals surface area contributed by atoms with Crippen molar-refractivity contribution in [1.82, 2.24) is 15.2 Å². The van der Waals surface area contributed by atoms with Gasteiger partial charge in [0.25, 0.3) is 0 Å². The summed E-state index contributed by atoms with van der Waals surface area (Å²) in [5.74, 6) is 1.45. The van der Waals surface area contributed by atoms with Crippen LogP contribution in [0.15, 0.2) is 72.9 Å². The first-order chi connectivity index (χ1) is 15.7. The molecule has 0 radical (unpaired) electrons. The number of carbonyl (C=O) groups is 1. The van der Waals surface area contributed by atoms with Gasteiger partial charge in [0.1, 0.15) is 0 Å². The Hall–Kier alpha value is -3.38. The zero-order valence-electron chi connectivity index (χ0n) is 18.5. The van der Waals surface area contributed by atoms with Crippen molar-refractivity contribution in [2.45, 2.75) is 24.9 Å². The van der Waals surface area contributed by atoms with Crippen LogP contribution in [0.2, 0.25) is 0 Å². The van der Waals surface area contributed by atoms with Crippen molar-refractivity contribution in [2.24, 2.45) is 0 Å². The SMILES string of the molecule is COc1ccc(C2CCCN2C(=O)CNC(c2ccccc2)c2ccccn2)cc1OC. The van der Waals surface area contributed by atoms with E-state index in [-0.39, 0.29) is 24.5 Å². The van der Waals surface area contributed by atoms with E-state index in [0.717, 1.165) is 36.2 Å². The van der Waals surface area contributed by atoms with Crippen LogP contribution in [0.3, 0.4) is 0 Å². The molecule has 4 rings (SSSR count). The Bertz CT molecular complexity index is 988. The molecule has 2 atom stereocenters. The summed E-state index contributed by atoms with van der Waals surface area (Å²) in [5.41, 5.74) is 3.04. The van der Waals surface area contributed by atoms with E-state index in [0.29, 0.717) is 11.5 Å². The molecule has 2 heterocycles. The smallest absolute Gasteiger partial charge is 0.237 e. The summed E-state index contributed by atoms with van der Waals surface area (Å²) in [7, 11) is 3.25. The number of carbonyl (C=O) groups excluding carboxylic acids is 1. The zero-order chi connectivity index (χ0) is 22.3. The lowest BCUT2D eigenvalue weighted by Gasteiger charge is -2.27. The minimum absolute atomic E-state index is 0.0362. The molecule has 1 saturated heterocycles. The standard InChI is InChI=1S/C26H29N3O3/c1-31-23-14-13-20(17-24(23)32-2)22-12-8-16-29(22)25(30)18-28-26(19-9-4-3-5-10-19)21-11-6-7-15-27-21/h3-7,9-11,13-15,17,22,26,28H,8,12,16,18H2,1-2H3. The molecule has 3 aromatic rings. The highest BCUT2D eigenvalue weighted by molar-refractivity contribution is 5.79. The quantitative estimate of drug-likeness (QED) is 0.581. The summed E-state index contributed by atoms with van der Waals surface area (Å²) in [6, 6.07) is 21.7. The molecule has 6 heteroatoms. The molecule has 1 fully saturated rings.